The molecule has 3 atom stereocenters. The van der Waals surface area contributed by atoms with Gasteiger partial charge in [0, 0.05) is 42.1 Å². The minimum Gasteiger partial charge on any atom is -0.484 e. The number of anilines is 1. The third-order valence-electron chi connectivity index (χ3n) is 10.7. The zero-order valence-corrected chi connectivity index (χ0v) is 31.5. The van der Waals surface area contributed by atoms with Crippen LogP contribution in [0, 0.1) is 12.7 Å². The number of ether oxygens (including phenoxy) is 3. The van der Waals surface area contributed by atoms with Gasteiger partial charge in [-0.3, -0.25) is 9.36 Å². The number of hydrogen-bond acceptors (Lipinski definition) is 8. The summed E-state index contributed by atoms with van der Waals surface area (Å²) in [5.74, 6) is -0.298. The monoisotopic (exact) mass is 722 g/mol. The van der Waals surface area contributed by atoms with Gasteiger partial charge in [-0.1, -0.05) is 38.1 Å². The topological polar surface area (TPSA) is 104 Å². The van der Waals surface area contributed by atoms with E-state index in [1.807, 2.05) is 75.7 Å². The lowest BCUT2D eigenvalue weighted by Gasteiger charge is -2.48. The van der Waals surface area contributed by atoms with Gasteiger partial charge in [-0.15, -0.1) is 0 Å². The van der Waals surface area contributed by atoms with Crippen LogP contribution in [0.3, 0.4) is 0 Å². The van der Waals surface area contributed by atoms with Gasteiger partial charge in [0.2, 0.25) is 5.75 Å². The highest BCUT2D eigenvalue weighted by atomic mass is 19.1. The van der Waals surface area contributed by atoms with Crippen LogP contribution >= 0.6 is 0 Å². The van der Waals surface area contributed by atoms with Crippen LogP contribution < -0.4 is 15.2 Å². The molecule has 3 aliphatic heterocycles. The maximum atomic E-state index is 17.0. The maximum Gasteiger partial charge on any atom is 0.410 e. The number of piperazine rings is 1. The number of rotatable bonds is 4. The van der Waals surface area contributed by atoms with Crippen molar-refractivity contribution in [3.63, 3.8) is 0 Å². The number of hydrogen-bond donors (Lipinski definition) is 0. The van der Waals surface area contributed by atoms with E-state index in [0.29, 0.717) is 47.7 Å². The Morgan fingerprint density at radius 1 is 1.08 bits per heavy atom. The summed E-state index contributed by atoms with van der Waals surface area (Å²) in [6.45, 7) is 15.1. The fraction of sp³-hybridized carbons (Fsp3) is 0.463. The standard InChI is InChI=1S/C41H47FN6O5/c1-23(2)27-12-8-9-13-31(27)47-38-28(36-37(39(47)49)52-22-26-21-45(25(4)20-46(26)36)40(50)53-41(5,6)7)18-30(42)35(44-38)34-24(3)15-16-32-29(34)19-43-48(32)33-14-10-11-17-51-33/h8-9,12-13,15-16,18-19,23,25-26,33H,10-11,14,17,20-22H2,1-7H3/t25-,26-,33?/m1/s1. The number of pyridine rings is 2. The van der Waals surface area contributed by atoms with Crippen molar-refractivity contribution in [1.82, 2.24) is 24.2 Å². The summed E-state index contributed by atoms with van der Waals surface area (Å²) in [4.78, 5) is 37.0. The number of carbonyl (C=O) groups is 1. The molecule has 0 aliphatic carbocycles. The Bertz CT molecular complexity index is 2300. The molecule has 2 fully saturated rings. The number of amides is 1. The van der Waals surface area contributed by atoms with E-state index in [1.165, 1.54) is 6.07 Å². The molecule has 0 N–H and O–H groups in total. The quantitative estimate of drug-likeness (QED) is 0.185. The summed E-state index contributed by atoms with van der Waals surface area (Å²) in [6, 6.07) is 12.7. The minimum atomic E-state index is -0.650. The number of nitrogens with zero attached hydrogens (tertiary/aromatic N) is 6. The van der Waals surface area contributed by atoms with E-state index in [4.69, 9.17) is 24.3 Å². The number of aryl methyl sites for hydroxylation is 1. The van der Waals surface area contributed by atoms with E-state index in [2.05, 4.69) is 18.7 Å². The average Bonchev–Trinajstić information content (AvgIpc) is 3.55. The van der Waals surface area contributed by atoms with Crippen molar-refractivity contribution in [1.29, 1.82) is 0 Å². The lowest BCUT2D eigenvalue weighted by atomic mass is 9.98. The Hall–Kier alpha value is -4.97. The molecular weight excluding hydrogens is 675 g/mol. The number of para-hydroxylation sites is 1. The van der Waals surface area contributed by atoms with Crippen LogP contribution in [0.5, 0.6) is 5.75 Å². The predicted molar refractivity (Wildman–Crippen MR) is 203 cm³/mol. The molecule has 8 rings (SSSR count). The normalized spacial score (nSPS) is 20.4. The Labute approximate surface area is 308 Å². The van der Waals surface area contributed by atoms with Crippen LogP contribution in [0.25, 0.3) is 38.9 Å². The van der Waals surface area contributed by atoms with Crippen LogP contribution in [0.2, 0.25) is 0 Å². The van der Waals surface area contributed by atoms with E-state index in [0.717, 1.165) is 41.3 Å². The first-order valence-corrected chi connectivity index (χ1v) is 18.7. The summed E-state index contributed by atoms with van der Waals surface area (Å²) >= 11 is 0. The maximum absolute atomic E-state index is 17.0. The zero-order chi connectivity index (χ0) is 37.3. The Balaban J connectivity index is 1.34. The molecule has 0 saturated carbocycles. The fourth-order valence-electron chi connectivity index (χ4n) is 8.14. The molecule has 53 heavy (non-hydrogen) atoms. The number of benzene rings is 2. The van der Waals surface area contributed by atoms with Gasteiger partial charge in [-0.05, 0) is 89.1 Å². The molecule has 5 aromatic rings. The minimum absolute atomic E-state index is 0.0834. The summed E-state index contributed by atoms with van der Waals surface area (Å²) < 4.78 is 38.6. The molecule has 0 spiro atoms. The summed E-state index contributed by atoms with van der Waals surface area (Å²) in [6.07, 6.45) is 4.08. The highest BCUT2D eigenvalue weighted by Gasteiger charge is 2.42. The molecule has 1 amide bonds. The zero-order valence-electron chi connectivity index (χ0n) is 31.5. The van der Waals surface area contributed by atoms with Gasteiger partial charge < -0.3 is 24.0 Å². The van der Waals surface area contributed by atoms with E-state index in [-0.39, 0.29) is 47.8 Å². The lowest BCUT2D eigenvalue weighted by Crippen LogP contribution is -2.62. The van der Waals surface area contributed by atoms with Crippen molar-refractivity contribution in [2.75, 3.05) is 31.2 Å². The van der Waals surface area contributed by atoms with Gasteiger partial charge in [-0.25, -0.2) is 18.9 Å². The molecule has 2 saturated heterocycles. The highest BCUT2D eigenvalue weighted by Crippen LogP contribution is 2.43. The average molecular weight is 723 g/mol. The van der Waals surface area contributed by atoms with Crippen LogP contribution in [0.1, 0.15) is 84.1 Å². The van der Waals surface area contributed by atoms with Crippen LogP contribution in [0.4, 0.5) is 14.9 Å². The van der Waals surface area contributed by atoms with Crippen molar-refractivity contribution >= 4 is 33.7 Å². The van der Waals surface area contributed by atoms with Crippen LogP contribution in [-0.4, -0.2) is 74.3 Å². The van der Waals surface area contributed by atoms with Crippen LogP contribution in [0.15, 0.2) is 53.5 Å². The molecule has 1 unspecified atom stereocenters. The summed E-state index contributed by atoms with van der Waals surface area (Å²) in [5.41, 5.74) is 3.82. The van der Waals surface area contributed by atoms with Gasteiger partial charge in [0.25, 0.3) is 0 Å². The second-order valence-electron chi connectivity index (χ2n) is 15.9. The van der Waals surface area contributed by atoms with Crippen molar-refractivity contribution < 1.29 is 23.4 Å². The molecular formula is C41H47FN6O5. The van der Waals surface area contributed by atoms with Gasteiger partial charge >= 0.3 is 11.7 Å². The predicted octanol–water partition coefficient (Wildman–Crippen LogP) is 7.88. The SMILES string of the molecule is Cc1ccc2c(cnn2C2CCCCO2)c1-c1nc2c(cc1F)c1c(c(=O)n2-c2ccccc2C(C)C)OC[C@H]2CN(C(=O)OC(C)(C)C)[C@H](C)CN12. The van der Waals surface area contributed by atoms with Crippen molar-refractivity contribution in [3.8, 4) is 22.7 Å². The van der Waals surface area contributed by atoms with E-state index in [9.17, 15) is 9.59 Å². The molecule has 3 aromatic heterocycles. The summed E-state index contributed by atoms with van der Waals surface area (Å²) in [5, 5.41) is 5.94. The molecule has 6 heterocycles. The number of aromatic nitrogens is 4. The number of fused-ring (bicyclic) bond motifs is 6. The van der Waals surface area contributed by atoms with Gasteiger partial charge in [-0.2, -0.15) is 5.10 Å². The van der Waals surface area contributed by atoms with Gasteiger partial charge in [0.15, 0.2) is 11.9 Å². The molecule has 2 aromatic carbocycles. The van der Waals surface area contributed by atoms with Crippen molar-refractivity contribution in [3.05, 3.63) is 76.0 Å². The first kappa shape index (κ1) is 35.1. The lowest BCUT2D eigenvalue weighted by molar-refractivity contribution is -0.0366. The van der Waals surface area contributed by atoms with Crippen molar-refractivity contribution in [2.45, 2.75) is 97.6 Å². The molecule has 278 valence electrons. The van der Waals surface area contributed by atoms with Gasteiger partial charge in [0.1, 0.15) is 23.7 Å². The fourth-order valence-corrected chi connectivity index (χ4v) is 8.14. The highest BCUT2D eigenvalue weighted by molar-refractivity contribution is 6.00. The molecule has 11 nitrogen and oxygen atoms in total. The van der Waals surface area contributed by atoms with Crippen LogP contribution in [-0.2, 0) is 9.47 Å². The first-order chi connectivity index (χ1) is 25.3. The van der Waals surface area contributed by atoms with Crippen molar-refractivity contribution in [2.24, 2.45) is 0 Å². The Kier molecular flexibility index (Phi) is 8.71. The van der Waals surface area contributed by atoms with Gasteiger partial charge in [0.05, 0.1) is 29.1 Å². The second kappa shape index (κ2) is 13.2. The Morgan fingerprint density at radius 2 is 1.87 bits per heavy atom. The molecule has 3 aliphatic rings. The molecule has 12 heteroatoms. The number of carbonyl (C=O) groups excluding carboxylic acids is 1. The smallest absolute Gasteiger partial charge is 0.410 e. The summed E-state index contributed by atoms with van der Waals surface area (Å²) in [7, 11) is 0. The third kappa shape index (κ3) is 6.00. The third-order valence-corrected chi connectivity index (χ3v) is 10.7. The first-order valence-electron chi connectivity index (χ1n) is 18.7. The Morgan fingerprint density at radius 3 is 2.60 bits per heavy atom. The van der Waals surface area contributed by atoms with E-state index in [1.54, 1.807) is 15.7 Å². The second-order valence-corrected chi connectivity index (χ2v) is 15.9. The van der Waals surface area contributed by atoms with E-state index < -0.39 is 17.5 Å². The molecule has 0 bridgehead atoms. The van der Waals surface area contributed by atoms with E-state index >= 15 is 4.39 Å². The number of halogens is 1. The largest absolute Gasteiger partial charge is 0.484 e. The molecule has 0 radical (unpaired) electrons.